The number of fused-ring (bicyclic) bond motifs is 5. The Morgan fingerprint density at radius 1 is 0.865 bits per heavy atom. The summed E-state index contributed by atoms with van der Waals surface area (Å²) in [5.74, 6) is 5.92. The van der Waals surface area contributed by atoms with Crippen molar-refractivity contribution in [2.75, 3.05) is 6.61 Å². The van der Waals surface area contributed by atoms with Crippen LogP contribution in [0.3, 0.4) is 0 Å². The van der Waals surface area contributed by atoms with Crippen LogP contribution in [0.2, 0.25) is 0 Å². The molecule has 4 saturated carbocycles. The largest absolute Gasteiger partial charge is 0.394 e. The molecule has 0 aromatic carbocycles. The maximum Gasteiger partial charge on any atom is 0.186 e. The van der Waals surface area contributed by atoms with Gasteiger partial charge in [-0.05, 0) is 110 Å². The molecule has 37 heavy (non-hydrogen) atoms. The maximum atomic E-state index is 10.4. The summed E-state index contributed by atoms with van der Waals surface area (Å²) in [6.07, 6.45) is 12.1. The quantitative estimate of drug-likeness (QED) is 0.370. The summed E-state index contributed by atoms with van der Waals surface area (Å²) < 4.78 is 11.9. The van der Waals surface area contributed by atoms with Gasteiger partial charge in [-0.1, -0.05) is 53.9 Å². The highest BCUT2D eigenvalue weighted by atomic mass is 16.7. The molecule has 1 aliphatic heterocycles. The monoisotopic (exact) mass is 520 g/mol. The van der Waals surface area contributed by atoms with Crippen molar-refractivity contribution in [3.8, 4) is 0 Å². The number of aliphatic hydroxyl groups excluding tert-OH is 3. The molecule has 0 spiro atoms. The fourth-order valence-electron chi connectivity index (χ4n) is 10.5. The van der Waals surface area contributed by atoms with Crippen LogP contribution in [-0.4, -0.2) is 52.6 Å². The molecule has 214 valence electrons. The number of rotatable bonds is 8. The van der Waals surface area contributed by atoms with Crippen LogP contribution in [0.4, 0.5) is 0 Å². The van der Waals surface area contributed by atoms with Crippen molar-refractivity contribution in [3.05, 3.63) is 0 Å². The first-order valence-corrected chi connectivity index (χ1v) is 15.9. The molecule has 0 radical (unpaired) electrons. The molecule has 1 heterocycles. The van der Waals surface area contributed by atoms with E-state index in [4.69, 9.17) is 9.47 Å². The SMILES string of the molecule is CC(C)CCC[C@@H](C)[C@H]1CC[C@H]2[C@@H]3CC[C@H]4C[C@@H](O[C@@H]5O[C@@H](CO)[C@H](O)[C@H]5O)CC[C@]4(C)[C@H]3CC[C@]12C. The zero-order valence-electron chi connectivity index (χ0n) is 24.3. The van der Waals surface area contributed by atoms with Crippen LogP contribution in [0.15, 0.2) is 0 Å². The molecule has 5 rings (SSSR count). The Balaban J connectivity index is 1.21. The summed E-state index contributed by atoms with van der Waals surface area (Å²) in [7, 11) is 0. The van der Waals surface area contributed by atoms with Gasteiger partial charge in [-0.3, -0.25) is 0 Å². The van der Waals surface area contributed by atoms with Crippen LogP contribution in [0, 0.1) is 52.3 Å². The third-order valence-corrected chi connectivity index (χ3v) is 12.6. The lowest BCUT2D eigenvalue weighted by atomic mass is 9.44. The second-order valence-electron chi connectivity index (χ2n) is 14.9. The molecule has 0 aromatic rings. The van der Waals surface area contributed by atoms with Crippen LogP contribution in [0.1, 0.15) is 112 Å². The lowest BCUT2D eigenvalue weighted by Crippen LogP contribution is -2.54. The summed E-state index contributed by atoms with van der Waals surface area (Å²) in [6, 6.07) is 0. The molecule has 0 aromatic heterocycles. The van der Waals surface area contributed by atoms with E-state index in [1.165, 1.54) is 64.2 Å². The summed E-state index contributed by atoms with van der Waals surface area (Å²) in [5, 5.41) is 29.9. The molecule has 13 atom stereocenters. The van der Waals surface area contributed by atoms with Crippen LogP contribution < -0.4 is 0 Å². The van der Waals surface area contributed by atoms with E-state index in [0.717, 1.165) is 48.3 Å². The summed E-state index contributed by atoms with van der Waals surface area (Å²) in [4.78, 5) is 0. The average molecular weight is 521 g/mol. The molecule has 0 amide bonds. The van der Waals surface area contributed by atoms with Crippen molar-refractivity contribution >= 4 is 0 Å². The highest BCUT2D eigenvalue weighted by Gasteiger charge is 2.60. The molecular formula is C32H56O5. The van der Waals surface area contributed by atoms with Gasteiger partial charge in [0.15, 0.2) is 6.29 Å². The van der Waals surface area contributed by atoms with E-state index in [-0.39, 0.29) is 12.7 Å². The molecular weight excluding hydrogens is 464 g/mol. The Labute approximate surface area is 226 Å². The number of hydrogen-bond acceptors (Lipinski definition) is 5. The van der Waals surface area contributed by atoms with Gasteiger partial charge in [0.2, 0.25) is 0 Å². The Morgan fingerprint density at radius 2 is 1.59 bits per heavy atom. The molecule has 5 aliphatic rings. The third kappa shape index (κ3) is 5.07. The van der Waals surface area contributed by atoms with Gasteiger partial charge in [0.05, 0.1) is 12.7 Å². The Morgan fingerprint density at radius 3 is 2.30 bits per heavy atom. The van der Waals surface area contributed by atoms with E-state index in [2.05, 4.69) is 34.6 Å². The normalized spacial score (nSPS) is 50.5. The van der Waals surface area contributed by atoms with Gasteiger partial charge in [0.1, 0.15) is 18.3 Å². The maximum absolute atomic E-state index is 10.4. The van der Waals surface area contributed by atoms with Crippen LogP contribution >= 0.6 is 0 Å². The highest BCUT2D eigenvalue weighted by molar-refractivity contribution is 5.10. The molecule has 5 fully saturated rings. The van der Waals surface area contributed by atoms with Crippen molar-refractivity contribution in [1.29, 1.82) is 0 Å². The van der Waals surface area contributed by atoms with Crippen molar-refractivity contribution < 1.29 is 24.8 Å². The Kier molecular flexibility index (Phi) is 8.42. The standard InChI is InChI=1S/C32H56O5/c1-19(2)7-6-8-20(3)24-11-12-25-23-10-9-21-17-22(36-30-29(35)28(34)27(18-33)37-30)13-15-31(21,4)26(23)14-16-32(24,25)5/h19-30,33-35H,6-18H2,1-5H3/t20-,21+,22+,23+,24-,25+,26+,27+,28+,29-,30-,31+,32-/m1/s1. The minimum absolute atomic E-state index is 0.0651. The van der Waals surface area contributed by atoms with E-state index in [1.54, 1.807) is 0 Å². The number of aliphatic hydroxyl groups is 3. The van der Waals surface area contributed by atoms with Crippen LogP contribution in [-0.2, 0) is 9.47 Å². The zero-order chi connectivity index (χ0) is 26.5. The smallest absolute Gasteiger partial charge is 0.186 e. The van der Waals surface area contributed by atoms with Crippen molar-refractivity contribution in [2.45, 2.75) is 142 Å². The van der Waals surface area contributed by atoms with Gasteiger partial charge in [-0.15, -0.1) is 0 Å². The second-order valence-corrected chi connectivity index (χ2v) is 14.9. The summed E-state index contributed by atoms with van der Waals surface area (Å²) >= 11 is 0. The minimum Gasteiger partial charge on any atom is -0.394 e. The van der Waals surface area contributed by atoms with E-state index >= 15 is 0 Å². The summed E-state index contributed by atoms with van der Waals surface area (Å²) in [5.41, 5.74) is 0.940. The fraction of sp³-hybridized carbons (Fsp3) is 1.00. The van der Waals surface area contributed by atoms with Crippen molar-refractivity contribution in [3.63, 3.8) is 0 Å². The second kappa shape index (κ2) is 11.0. The van der Waals surface area contributed by atoms with E-state index < -0.39 is 24.6 Å². The molecule has 0 bridgehead atoms. The van der Waals surface area contributed by atoms with Gasteiger partial charge < -0.3 is 24.8 Å². The van der Waals surface area contributed by atoms with Gasteiger partial charge in [-0.2, -0.15) is 0 Å². The predicted octanol–water partition coefficient (Wildman–Crippen LogP) is 5.93. The van der Waals surface area contributed by atoms with Crippen LogP contribution in [0.5, 0.6) is 0 Å². The Hall–Kier alpha value is -0.200. The predicted molar refractivity (Wildman–Crippen MR) is 146 cm³/mol. The van der Waals surface area contributed by atoms with Gasteiger partial charge in [0, 0.05) is 0 Å². The molecule has 3 N–H and O–H groups in total. The first-order valence-electron chi connectivity index (χ1n) is 15.9. The zero-order valence-corrected chi connectivity index (χ0v) is 24.3. The number of ether oxygens (including phenoxy) is 2. The third-order valence-electron chi connectivity index (χ3n) is 12.6. The summed E-state index contributed by atoms with van der Waals surface area (Å²) in [6.45, 7) is 12.3. The molecule has 1 saturated heterocycles. The average Bonchev–Trinajstić information content (AvgIpc) is 3.35. The van der Waals surface area contributed by atoms with Gasteiger partial charge >= 0.3 is 0 Å². The first kappa shape index (κ1) is 28.3. The Bertz CT molecular complexity index is 772. The number of hydrogen-bond donors (Lipinski definition) is 3. The minimum atomic E-state index is -1.08. The lowest BCUT2D eigenvalue weighted by molar-refractivity contribution is -0.216. The fourth-order valence-corrected chi connectivity index (χ4v) is 10.5. The topological polar surface area (TPSA) is 79.2 Å². The van der Waals surface area contributed by atoms with E-state index in [1.807, 2.05) is 0 Å². The lowest BCUT2D eigenvalue weighted by Gasteiger charge is -2.61. The van der Waals surface area contributed by atoms with Gasteiger partial charge in [-0.25, -0.2) is 0 Å². The van der Waals surface area contributed by atoms with E-state index in [0.29, 0.717) is 16.7 Å². The highest BCUT2D eigenvalue weighted by Crippen LogP contribution is 2.68. The van der Waals surface area contributed by atoms with Crippen LogP contribution in [0.25, 0.3) is 0 Å². The van der Waals surface area contributed by atoms with E-state index in [9.17, 15) is 15.3 Å². The first-order chi connectivity index (χ1) is 17.6. The molecule has 0 unspecified atom stereocenters. The van der Waals surface area contributed by atoms with Crippen molar-refractivity contribution in [2.24, 2.45) is 52.3 Å². The van der Waals surface area contributed by atoms with Gasteiger partial charge in [0.25, 0.3) is 0 Å². The molecule has 4 aliphatic carbocycles. The molecule has 5 nitrogen and oxygen atoms in total. The van der Waals surface area contributed by atoms with Crippen molar-refractivity contribution in [1.82, 2.24) is 0 Å². The molecule has 5 heteroatoms.